The molecule has 1 aliphatic heterocycles. The van der Waals surface area contributed by atoms with Crippen molar-refractivity contribution in [3.63, 3.8) is 0 Å². The summed E-state index contributed by atoms with van der Waals surface area (Å²) in [7, 11) is 0. The largest absolute Gasteiger partial charge is 0.316 e. The zero-order valence-electron chi connectivity index (χ0n) is 19.2. The molecule has 0 amide bonds. The number of nitrogens with one attached hydrogen (secondary N) is 1. The van der Waals surface area contributed by atoms with Gasteiger partial charge in [-0.25, -0.2) is 4.98 Å². The summed E-state index contributed by atoms with van der Waals surface area (Å²) in [5.74, 6) is 2.92. The molecule has 4 bridgehead atoms. The maximum absolute atomic E-state index is 5.30. The summed E-state index contributed by atoms with van der Waals surface area (Å²) in [4.78, 5) is 7.99. The van der Waals surface area contributed by atoms with Crippen molar-refractivity contribution in [2.24, 2.45) is 17.8 Å². The van der Waals surface area contributed by atoms with Crippen LogP contribution in [0.2, 0.25) is 0 Å². The molecule has 0 atom stereocenters. The molecule has 5 aliphatic rings. The van der Waals surface area contributed by atoms with Crippen molar-refractivity contribution in [1.82, 2.24) is 10.3 Å². The summed E-state index contributed by atoms with van der Waals surface area (Å²) < 4.78 is 0. The van der Waals surface area contributed by atoms with Crippen LogP contribution in [0, 0.1) is 17.8 Å². The number of benzene rings is 1. The fourth-order valence-electron chi connectivity index (χ4n) is 7.61. The van der Waals surface area contributed by atoms with Gasteiger partial charge in [0.1, 0.15) is 5.01 Å². The predicted molar refractivity (Wildman–Crippen MR) is 141 cm³/mol. The smallest absolute Gasteiger partial charge is 0.133 e. The molecule has 4 saturated carbocycles. The number of piperidine rings is 1. The van der Waals surface area contributed by atoms with Gasteiger partial charge in [-0.05, 0) is 105 Å². The lowest BCUT2D eigenvalue weighted by atomic mass is 9.49. The van der Waals surface area contributed by atoms with Crippen LogP contribution in [0.5, 0.6) is 0 Å². The lowest BCUT2D eigenvalue weighted by Gasteiger charge is -2.56. The van der Waals surface area contributed by atoms with Gasteiger partial charge in [0, 0.05) is 15.7 Å². The van der Waals surface area contributed by atoms with Crippen LogP contribution in [0.15, 0.2) is 47.4 Å². The molecule has 170 valence electrons. The Kier molecular flexibility index (Phi) is 5.11. The first-order valence-electron chi connectivity index (χ1n) is 12.8. The lowest BCUT2D eigenvalue weighted by Crippen LogP contribution is -2.48. The first kappa shape index (κ1) is 20.6. The Bertz CT molecular complexity index is 1160. The van der Waals surface area contributed by atoms with E-state index in [-0.39, 0.29) is 0 Å². The molecule has 3 heterocycles. The molecule has 0 unspecified atom stereocenters. The van der Waals surface area contributed by atoms with Crippen LogP contribution in [0.1, 0.15) is 62.6 Å². The topological polar surface area (TPSA) is 24.9 Å². The van der Waals surface area contributed by atoms with Crippen molar-refractivity contribution in [3.8, 4) is 20.3 Å². The summed E-state index contributed by atoms with van der Waals surface area (Å²) in [6.07, 6.45) is 13.4. The Morgan fingerprint density at radius 1 is 0.879 bits per heavy atom. The van der Waals surface area contributed by atoms with E-state index in [0.717, 1.165) is 43.7 Å². The van der Waals surface area contributed by atoms with Crippen LogP contribution in [-0.2, 0) is 5.41 Å². The number of nitrogens with zero attached hydrogens (tertiary/aromatic N) is 1. The first-order valence-corrected chi connectivity index (χ1v) is 14.5. The van der Waals surface area contributed by atoms with Crippen molar-refractivity contribution >= 4 is 28.7 Å². The van der Waals surface area contributed by atoms with E-state index >= 15 is 0 Å². The molecule has 3 aromatic rings. The highest BCUT2D eigenvalue weighted by molar-refractivity contribution is 7.23. The fraction of sp³-hybridized carbons (Fsp3) is 0.483. The minimum atomic E-state index is 0.400. The molecule has 5 fully saturated rings. The maximum atomic E-state index is 5.30. The Hall–Kier alpha value is -1.75. The fourth-order valence-corrected chi connectivity index (χ4v) is 9.68. The summed E-state index contributed by atoms with van der Waals surface area (Å²) in [5, 5.41) is 7.11. The highest BCUT2D eigenvalue weighted by atomic mass is 32.1. The molecule has 8 rings (SSSR count). The molecule has 1 aromatic carbocycles. The summed E-state index contributed by atoms with van der Waals surface area (Å²) in [5.41, 5.74) is 6.11. The van der Waals surface area contributed by atoms with Crippen LogP contribution >= 0.6 is 22.7 Å². The van der Waals surface area contributed by atoms with Gasteiger partial charge in [0.05, 0.1) is 10.6 Å². The van der Waals surface area contributed by atoms with Crippen LogP contribution in [0.25, 0.3) is 26.4 Å². The summed E-state index contributed by atoms with van der Waals surface area (Å²) in [6, 6.07) is 13.5. The third-order valence-electron chi connectivity index (χ3n) is 8.73. The van der Waals surface area contributed by atoms with E-state index < -0.39 is 0 Å². The number of thiophene rings is 1. The van der Waals surface area contributed by atoms with Gasteiger partial charge in [-0.1, -0.05) is 35.9 Å². The van der Waals surface area contributed by atoms with Gasteiger partial charge >= 0.3 is 0 Å². The third kappa shape index (κ3) is 3.75. The van der Waals surface area contributed by atoms with Crippen LogP contribution in [0.4, 0.5) is 0 Å². The molecular formula is C29H32N2S2. The van der Waals surface area contributed by atoms with Gasteiger partial charge in [-0.2, -0.15) is 0 Å². The Morgan fingerprint density at radius 3 is 2.33 bits per heavy atom. The van der Waals surface area contributed by atoms with Gasteiger partial charge in [0.25, 0.3) is 0 Å². The average molecular weight is 473 g/mol. The monoisotopic (exact) mass is 472 g/mol. The lowest BCUT2D eigenvalue weighted by molar-refractivity contribution is -0.00688. The second kappa shape index (κ2) is 8.18. The molecule has 4 heteroatoms. The highest BCUT2D eigenvalue weighted by Gasteiger charge is 2.52. The van der Waals surface area contributed by atoms with Crippen molar-refractivity contribution in [2.75, 3.05) is 13.1 Å². The van der Waals surface area contributed by atoms with Crippen LogP contribution in [-0.4, -0.2) is 18.1 Å². The minimum absolute atomic E-state index is 0.400. The first-order chi connectivity index (χ1) is 16.2. The van der Waals surface area contributed by atoms with Crippen molar-refractivity contribution in [3.05, 3.63) is 58.6 Å². The van der Waals surface area contributed by atoms with E-state index in [9.17, 15) is 0 Å². The van der Waals surface area contributed by atoms with E-state index in [1.165, 1.54) is 70.1 Å². The van der Waals surface area contributed by atoms with E-state index in [4.69, 9.17) is 4.98 Å². The maximum Gasteiger partial charge on any atom is 0.133 e. The van der Waals surface area contributed by atoms with Crippen molar-refractivity contribution in [1.29, 1.82) is 0 Å². The molecule has 33 heavy (non-hydrogen) atoms. The van der Waals surface area contributed by atoms with Crippen LogP contribution < -0.4 is 5.32 Å². The molecule has 4 aliphatic carbocycles. The van der Waals surface area contributed by atoms with Crippen molar-refractivity contribution in [2.45, 2.75) is 56.8 Å². The standard InChI is InChI=1S/C29H32N2S2/c1-2-4-24(23(3-1)14-19-7-9-30-10-8-19)25-5-6-26(33-25)28-31-27(18-32-28)29-15-20-11-21(16-29)13-22(12-20)17-29/h1-6,14,18,20-22,30H,7-13,15-17H2. The molecular weight excluding hydrogens is 440 g/mol. The minimum Gasteiger partial charge on any atom is -0.316 e. The zero-order chi connectivity index (χ0) is 21.8. The number of hydrogen-bond donors (Lipinski definition) is 1. The second-order valence-electron chi connectivity index (χ2n) is 11.0. The van der Waals surface area contributed by atoms with Gasteiger partial charge in [-0.15, -0.1) is 22.7 Å². The zero-order valence-corrected chi connectivity index (χ0v) is 20.8. The Morgan fingerprint density at radius 2 is 1.58 bits per heavy atom. The van der Waals surface area contributed by atoms with Gasteiger partial charge in [0.15, 0.2) is 0 Å². The molecule has 1 saturated heterocycles. The number of hydrogen-bond acceptors (Lipinski definition) is 4. The number of aromatic nitrogens is 1. The average Bonchev–Trinajstić information content (AvgIpc) is 3.50. The quantitative estimate of drug-likeness (QED) is 0.419. The van der Waals surface area contributed by atoms with Gasteiger partial charge < -0.3 is 5.32 Å². The Labute approximate surface area is 205 Å². The molecule has 2 aromatic heterocycles. The second-order valence-corrected chi connectivity index (χ2v) is 13.0. The van der Waals surface area contributed by atoms with Gasteiger partial charge in [-0.3, -0.25) is 0 Å². The number of thiazole rings is 1. The normalized spacial score (nSPS) is 30.7. The third-order valence-corrected chi connectivity index (χ3v) is 10.9. The Balaban J connectivity index is 1.17. The molecule has 1 N–H and O–H groups in total. The van der Waals surface area contributed by atoms with Crippen LogP contribution in [0.3, 0.4) is 0 Å². The van der Waals surface area contributed by atoms with E-state index in [2.05, 4.69) is 53.2 Å². The van der Waals surface area contributed by atoms with Gasteiger partial charge in [0.2, 0.25) is 0 Å². The van der Waals surface area contributed by atoms with E-state index in [1.54, 1.807) is 5.57 Å². The summed E-state index contributed by atoms with van der Waals surface area (Å²) >= 11 is 3.79. The summed E-state index contributed by atoms with van der Waals surface area (Å²) in [6.45, 7) is 2.21. The molecule has 0 spiro atoms. The molecule has 2 nitrogen and oxygen atoms in total. The molecule has 0 radical (unpaired) electrons. The van der Waals surface area contributed by atoms with Crippen molar-refractivity contribution < 1.29 is 0 Å². The predicted octanol–water partition coefficient (Wildman–Crippen LogP) is 7.77. The van der Waals surface area contributed by atoms with E-state index in [0.29, 0.717) is 5.41 Å². The SMILES string of the molecule is C(=C1CCNCC1)c1ccccc1-c1ccc(-c2nc(C34CC5CC(CC(C5)C3)C4)cs2)s1. The highest BCUT2D eigenvalue weighted by Crippen LogP contribution is 2.60. The number of rotatable bonds is 4. The van der Waals surface area contributed by atoms with E-state index in [1.807, 2.05) is 22.7 Å².